The second kappa shape index (κ2) is 10.0. The van der Waals surface area contributed by atoms with Crippen LogP contribution in [-0.4, -0.2) is 41.2 Å². The Balaban J connectivity index is 2.04. The van der Waals surface area contributed by atoms with Crippen molar-refractivity contribution < 1.29 is 24.4 Å². The van der Waals surface area contributed by atoms with Crippen LogP contribution >= 0.6 is 0 Å². The Bertz CT molecular complexity index is 956. The largest absolute Gasteiger partial charge is 0.502 e. The summed E-state index contributed by atoms with van der Waals surface area (Å²) in [5, 5.41) is 26.8. The minimum absolute atomic E-state index is 0.225. The molecule has 0 aliphatic carbocycles. The Kier molecular flexibility index (Phi) is 7.45. The van der Waals surface area contributed by atoms with Crippen molar-refractivity contribution in [3.63, 3.8) is 0 Å². The van der Waals surface area contributed by atoms with Gasteiger partial charge in [0.15, 0.2) is 5.75 Å². The molecule has 30 heavy (non-hydrogen) atoms. The molecular weight excluding hydrogens is 392 g/mol. The fourth-order valence-corrected chi connectivity index (χ4v) is 2.51. The van der Waals surface area contributed by atoms with Crippen LogP contribution in [0.3, 0.4) is 0 Å². The predicted molar refractivity (Wildman–Crippen MR) is 110 cm³/mol. The number of carbonyl (C=O) groups is 2. The van der Waals surface area contributed by atoms with Crippen molar-refractivity contribution in [2.24, 2.45) is 11.0 Å². The standard InChI is InChI=1S/C20H22N4O6/c1-12(2)18(22-19(26)14-5-7-15(30-3)8-6-14)20(27)23-21-11-13-4-9-17(25)16(10-13)24(28)29/h4-12,18,25H,1-3H3,(H,22,26)(H,23,27)/b21-11+. The zero-order valence-corrected chi connectivity index (χ0v) is 16.7. The first kappa shape index (κ1) is 22.3. The average molecular weight is 414 g/mol. The van der Waals surface area contributed by atoms with E-state index < -0.39 is 34.2 Å². The molecule has 0 aliphatic rings. The van der Waals surface area contributed by atoms with E-state index in [-0.39, 0.29) is 5.92 Å². The minimum Gasteiger partial charge on any atom is -0.502 e. The van der Waals surface area contributed by atoms with Gasteiger partial charge in [-0.15, -0.1) is 0 Å². The average Bonchev–Trinajstić information content (AvgIpc) is 2.72. The van der Waals surface area contributed by atoms with Gasteiger partial charge in [-0.1, -0.05) is 13.8 Å². The number of nitro benzene ring substituents is 1. The van der Waals surface area contributed by atoms with Crippen LogP contribution < -0.4 is 15.5 Å². The molecule has 0 saturated heterocycles. The lowest BCUT2D eigenvalue weighted by atomic mass is 10.0. The molecule has 2 aromatic rings. The third kappa shape index (κ3) is 5.77. The summed E-state index contributed by atoms with van der Waals surface area (Å²) in [5.74, 6) is -1.06. The lowest BCUT2D eigenvalue weighted by Gasteiger charge is -2.20. The number of aromatic hydroxyl groups is 1. The highest BCUT2D eigenvalue weighted by atomic mass is 16.6. The molecule has 1 atom stereocenters. The Morgan fingerprint density at radius 1 is 1.20 bits per heavy atom. The van der Waals surface area contributed by atoms with Crippen molar-refractivity contribution >= 4 is 23.7 Å². The topological polar surface area (TPSA) is 143 Å². The van der Waals surface area contributed by atoms with Crippen LogP contribution in [0, 0.1) is 16.0 Å². The number of carbonyl (C=O) groups excluding carboxylic acids is 2. The van der Waals surface area contributed by atoms with Crippen LogP contribution in [-0.2, 0) is 4.79 Å². The van der Waals surface area contributed by atoms with Gasteiger partial charge < -0.3 is 15.2 Å². The normalized spacial score (nSPS) is 11.9. The number of nitro groups is 1. The Morgan fingerprint density at radius 2 is 1.87 bits per heavy atom. The Hall–Kier alpha value is -3.95. The number of amides is 2. The highest BCUT2D eigenvalue weighted by Crippen LogP contribution is 2.25. The van der Waals surface area contributed by atoms with Crippen molar-refractivity contribution in [1.82, 2.24) is 10.7 Å². The maximum absolute atomic E-state index is 12.5. The summed E-state index contributed by atoms with van der Waals surface area (Å²) < 4.78 is 5.05. The molecule has 1 unspecified atom stereocenters. The van der Waals surface area contributed by atoms with E-state index in [4.69, 9.17) is 4.74 Å². The van der Waals surface area contributed by atoms with Crippen LogP contribution in [0.2, 0.25) is 0 Å². The van der Waals surface area contributed by atoms with Crippen LogP contribution in [0.15, 0.2) is 47.6 Å². The monoisotopic (exact) mass is 414 g/mol. The van der Waals surface area contributed by atoms with E-state index in [9.17, 15) is 24.8 Å². The van der Waals surface area contributed by atoms with E-state index in [1.807, 2.05) is 0 Å². The quantitative estimate of drug-likeness (QED) is 0.343. The zero-order chi connectivity index (χ0) is 22.3. The van der Waals surface area contributed by atoms with E-state index in [0.717, 1.165) is 12.1 Å². The van der Waals surface area contributed by atoms with Crippen molar-refractivity contribution in [2.75, 3.05) is 7.11 Å². The molecule has 2 rings (SSSR count). The van der Waals surface area contributed by atoms with E-state index in [0.29, 0.717) is 16.9 Å². The minimum atomic E-state index is -0.856. The number of hydrogen-bond donors (Lipinski definition) is 3. The van der Waals surface area contributed by atoms with Gasteiger partial charge in [-0.3, -0.25) is 19.7 Å². The van der Waals surface area contributed by atoms with Gasteiger partial charge >= 0.3 is 5.69 Å². The van der Waals surface area contributed by atoms with Gasteiger partial charge in [0.05, 0.1) is 18.2 Å². The summed E-state index contributed by atoms with van der Waals surface area (Å²) in [7, 11) is 1.52. The van der Waals surface area contributed by atoms with Crippen LogP contribution in [0.25, 0.3) is 0 Å². The first-order chi connectivity index (χ1) is 14.2. The molecule has 0 aromatic heterocycles. The smallest absolute Gasteiger partial charge is 0.311 e. The molecule has 2 aromatic carbocycles. The molecule has 2 amide bonds. The van der Waals surface area contributed by atoms with Gasteiger partial charge in [0.25, 0.3) is 11.8 Å². The lowest BCUT2D eigenvalue weighted by molar-refractivity contribution is -0.385. The molecule has 10 heteroatoms. The highest BCUT2D eigenvalue weighted by Gasteiger charge is 2.24. The first-order valence-electron chi connectivity index (χ1n) is 8.98. The van der Waals surface area contributed by atoms with Gasteiger partial charge in [-0.05, 0) is 42.3 Å². The number of rotatable bonds is 8. The molecule has 0 aliphatic heterocycles. The number of nitrogens with one attached hydrogen (secondary N) is 2. The predicted octanol–water partition coefficient (Wildman–Crippen LogP) is 2.21. The van der Waals surface area contributed by atoms with Crippen LogP contribution in [0.4, 0.5) is 5.69 Å². The van der Waals surface area contributed by atoms with E-state index in [1.54, 1.807) is 38.1 Å². The SMILES string of the molecule is COc1ccc(C(=O)NC(C(=O)N/N=C/c2ccc(O)c([N+](=O)[O-])c2)C(C)C)cc1. The fourth-order valence-electron chi connectivity index (χ4n) is 2.51. The first-order valence-corrected chi connectivity index (χ1v) is 8.98. The summed E-state index contributed by atoms with van der Waals surface area (Å²) in [5.41, 5.74) is 2.52. The van der Waals surface area contributed by atoms with E-state index in [1.165, 1.54) is 19.4 Å². The molecule has 0 radical (unpaired) electrons. The third-order valence-corrected chi connectivity index (χ3v) is 4.17. The molecule has 0 saturated carbocycles. The van der Waals surface area contributed by atoms with E-state index >= 15 is 0 Å². The molecule has 3 N–H and O–H groups in total. The summed E-state index contributed by atoms with van der Waals surface area (Å²) in [6.07, 6.45) is 1.20. The van der Waals surface area contributed by atoms with Gasteiger partial charge in [0, 0.05) is 17.2 Å². The number of methoxy groups -OCH3 is 1. The van der Waals surface area contributed by atoms with Gasteiger partial charge in [-0.25, -0.2) is 5.43 Å². The fraction of sp³-hybridized carbons (Fsp3) is 0.250. The van der Waals surface area contributed by atoms with Gasteiger partial charge in [0.1, 0.15) is 11.8 Å². The number of nitrogens with zero attached hydrogens (tertiary/aromatic N) is 2. The number of hydrazone groups is 1. The van der Waals surface area contributed by atoms with Crippen LogP contribution in [0.5, 0.6) is 11.5 Å². The summed E-state index contributed by atoms with van der Waals surface area (Å²) in [6, 6.07) is 9.28. The molecule has 0 bridgehead atoms. The number of phenolic OH excluding ortho intramolecular Hbond substituents is 1. The lowest BCUT2D eigenvalue weighted by Crippen LogP contribution is -2.48. The Morgan fingerprint density at radius 3 is 2.43 bits per heavy atom. The molecular formula is C20H22N4O6. The molecule has 0 heterocycles. The second-order valence-corrected chi connectivity index (χ2v) is 6.66. The van der Waals surface area contributed by atoms with Crippen molar-refractivity contribution in [3.8, 4) is 11.5 Å². The molecule has 158 valence electrons. The molecule has 0 fully saturated rings. The summed E-state index contributed by atoms with van der Waals surface area (Å²) >= 11 is 0. The summed E-state index contributed by atoms with van der Waals surface area (Å²) in [4.78, 5) is 35.0. The Labute approximate surface area is 172 Å². The second-order valence-electron chi connectivity index (χ2n) is 6.66. The number of ether oxygens (including phenoxy) is 1. The maximum Gasteiger partial charge on any atom is 0.311 e. The van der Waals surface area contributed by atoms with Gasteiger partial charge in [-0.2, -0.15) is 5.10 Å². The van der Waals surface area contributed by atoms with Crippen molar-refractivity contribution in [3.05, 3.63) is 63.7 Å². The zero-order valence-electron chi connectivity index (χ0n) is 16.7. The van der Waals surface area contributed by atoms with Gasteiger partial charge in [0.2, 0.25) is 0 Å². The summed E-state index contributed by atoms with van der Waals surface area (Å²) in [6.45, 7) is 3.54. The highest BCUT2D eigenvalue weighted by molar-refractivity contribution is 5.97. The molecule has 0 spiro atoms. The number of hydrogen-bond acceptors (Lipinski definition) is 7. The number of benzene rings is 2. The third-order valence-electron chi connectivity index (χ3n) is 4.17. The number of phenols is 1. The van der Waals surface area contributed by atoms with Crippen molar-refractivity contribution in [1.29, 1.82) is 0 Å². The van der Waals surface area contributed by atoms with Crippen molar-refractivity contribution in [2.45, 2.75) is 19.9 Å². The maximum atomic E-state index is 12.5. The molecule has 10 nitrogen and oxygen atoms in total. The van der Waals surface area contributed by atoms with E-state index in [2.05, 4.69) is 15.8 Å². The van der Waals surface area contributed by atoms with Crippen LogP contribution in [0.1, 0.15) is 29.8 Å².